The molecule has 4 nitrogen and oxygen atoms in total. The van der Waals surface area contributed by atoms with Gasteiger partial charge < -0.3 is 10.1 Å². The summed E-state index contributed by atoms with van der Waals surface area (Å²) in [4.78, 5) is 17.2. The highest BCUT2D eigenvalue weighted by atomic mass is 79.9. The van der Waals surface area contributed by atoms with Gasteiger partial charge in [0, 0.05) is 15.6 Å². The van der Waals surface area contributed by atoms with E-state index in [0.717, 1.165) is 27.0 Å². The lowest BCUT2D eigenvalue weighted by molar-refractivity contribution is -0.136. The quantitative estimate of drug-likeness (QED) is 0.832. The van der Waals surface area contributed by atoms with Crippen molar-refractivity contribution in [3.8, 4) is 0 Å². The predicted molar refractivity (Wildman–Crippen MR) is 99.5 cm³/mol. The van der Waals surface area contributed by atoms with Gasteiger partial charge in [-0.1, -0.05) is 46.3 Å². The fraction of sp³-hybridized carbons (Fsp3) is 0.263. The summed E-state index contributed by atoms with van der Waals surface area (Å²) in [7, 11) is 0. The number of rotatable bonds is 2. The molecule has 1 atom stereocenters. The second-order valence-corrected chi connectivity index (χ2v) is 7.52. The first-order chi connectivity index (χ1) is 11.3. The number of ether oxygens (including phenoxy) is 1. The first kappa shape index (κ1) is 16.9. The number of nitrogens with zero attached hydrogens (tertiary/aromatic N) is 1. The number of benzodiazepines with no additional fused rings is 1. The standard InChI is InChI=1S/C19H19BrN2O2/c1-19(2,3)24-18-17(23)21-15-10-9-13(20)11-14(15)16(22-18)12-7-5-4-6-8-12/h4-11,18H,1-3H3,(H,21,23). The van der Waals surface area contributed by atoms with Crippen molar-refractivity contribution in [3.63, 3.8) is 0 Å². The van der Waals surface area contributed by atoms with Crippen molar-refractivity contribution in [1.29, 1.82) is 0 Å². The molecular formula is C19H19BrN2O2. The van der Waals surface area contributed by atoms with Crippen LogP contribution >= 0.6 is 15.9 Å². The van der Waals surface area contributed by atoms with Gasteiger partial charge in [-0.05, 0) is 39.0 Å². The van der Waals surface area contributed by atoms with Gasteiger partial charge >= 0.3 is 0 Å². The van der Waals surface area contributed by atoms with Crippen LogP contribution in [0.5, 0.6) is 0 Å². The highest BCUT2D eigenvalue weighted by molar-refractivity contribution is 9.10. The third-order valence-corrected chi connectivity index (χ3v) is 3.97. The summed E-state index contributed by atoms with van der Waals surface area (Å²) in [6.07, 6.45) is -0.897. The van der Waals surface area contributed by atoms with Crippen LogP contribution in [0.2, 0.25) is 0 Å². The van der Waals surface area contributed by atoms with Gasteiger partial charge in [-0.3, -0.25) is 4.79 Å². The summed E-state index contributed by atoms with van der Waals surface area (Å²) in [6.45, 7) is 5.73. The highest BCUT2D eigenvalue weighted by Crippen LogP contribution is 2.28. The molecule has 0 aromatic heterocycles. The number of carbonyl (C=O) groups excluding carboxylic acids is 1. The van der Waals surface area contributed by atoms with Crippen LogP contribution in [0.3, 0.4) is 0 Å². The number of benzene rings is 2. The van der Waals surface area contributed by atoms with Gasteiger partial charge in [0.2, 0.25) is 6.23 Å². The molecule has 0 saturated heterocycles. The third kappa shape index (κ3) is 3.74. The summed E-state index contributed by atoms with van der Waals surface area (Å²) >= 11 is 3.50. The minimum atomic E-state index is -0.897. The van der Waals surface area contributed by atoms with Gasteiger partial charge in [-0.15, -0.1) is 0 Å². The number of nitrogens with one attached hydrogen (secondary N) is 1. The van der Waals surface area contributed by atoms with Gasteiger partial charge in [-0.25, -0.2) is 4.99 Å². The van der Waals surface area contributed by atoms with Gasteiger partial charge in [-0.2, -0.15) is 0 Å². The van der Waals surface area contributed by atoms with Crippen molar-refractivity contribution in [2.45, 2.75) is 32.6 Å². The number of halogens is 1. The Balaban J connectivity index is 2.16. The molecule has 5 heteroatoms. The summed E-state index contributed by atoms with van der Waals surface area (Å²) < 4.78 is 6.80. The van der Waals surface area contributed by atoms with E-state index in [2.05, 4.69) is 26.2 Å². The van der Waals surface area contributed by atoms with Crippen LogP contribution in [-0.2, 0) is 9.53 Å². The molecule has 0 saturated carbocycles. The van der Waals surface area contributed by atoms with Crippen LogP contribution in [0.25, 0.3) is 0 Å². The lowest BCUT2D eigenvalue weighted by Gasteiger charge is -2.23. The van der Waals surface area contributed by atoms with E-state index in [1.807, 2.05) is 69.3 Å². The monoisotopic (exact) mass is 386 g/mol. The average molecular weight is 387 g/mol. The van der Waals surface area contributed by atoms with E-state index in [1.54, 1.807) is 0 Å². The van der Waals surface area contributed by atoms with Crippen molar-refractivity contribution in [1.82, 2.24) is 0 Å². The Morgan fingerprint density at radius 1 is 1.12 bits per heavy atom. The minimum Gasteiger partial charge on any atom is -0.342 e. The van der Waals surface area contributed by atoms with Crippen molar-refractivity contribution < 1.29 is 9.53 Å². The van der Waals surface area contributed by atoms with Crippen molar-refractivity contribution in [2.75, 3.05) is 5.32 Å². The Kier molecular flexibility index (Phi) is 4.56. The SMILES string of the molecule is CC(C)(C)OC1N=C(c2ccccc2)c2cc(Br)ccc2NC1=O. The third-order valence-electron chi connectivity index (χ3n) is 3.48. The van der Waals surface area contributed by atoms with Crippen LogP contribution in [0.1, 0.15) is 31.9 Å². The molecular weight excluding hydrogens is 368 g/mol. The maximum absolute atomic E-state index is 12.6. The van der Waals surface area contributed by atoms with Crippen LogP contribution < -0.4 is 5.32 Å². The number of anilines is 1. The van der Waals surface area contributed by atoms with E-state index in [4.69, 9.17) is 4.74 Å². The number of hydrogen-bond donors (Lipinski definition) is 1. The second-order valence-electron chi connectivity index (χ2n) is 6.61. The second kappa shape index (κ2) is 6.49. The maximum atomic E-state index is 12.6. The normalized spacial score (nSPS) is 17.6. The van der Waals surface area contributed by atoms with Crippen LogP contribution in [0, 0.1) is 0 Å². The topological polar surface area (TPSA) is 50.7 Å². The van der Waals surface area contributed by atoms with Crippen LogP contribution in [0.15, 0.2) is 58.0 Å². The molecule has 1 aliphatic heterocycles. The molecule has 0 radical (unpaired) electrons. The Bertz CT molecular complexity index is 795. The Hall–Kier alpha value is -1.98. The molecule has 1 aliphatic rings. The molecule has 0 spiro atoms. The molecule has 1 amide bonds. The molecule has 124 valence electrons. The lowest BCUT2D eigenvalue weighted by atomic mass is 10.0. The van der Waals surface area contributed by atoms with E-state index < -0.39 is 11.8 Å². The number of fused-ring (bicyclic) bond motifs is 1. The fourth-order valence-electron chi connectivity index (χ4n) is 2.50. The first-order valence-electron chi connectivity index (χ1n) is 7.75. The van der Waals surface area contributed by atoms with E-state index in [-0.39, 0.29) is 5.91 Å². The van der Waals surface area contributed by atoms with Gasteiger partial charge in [0.1, 0.15) is 0 Å². The number of amides is 1. The highest BCUT2D eigenvalue weighted by Gasteiger charge is 2.29. The molecule has 1 heterocycles. The van der Waals surface area contributed by atoms with Gasteiger partial charge in [0.25, 0.3) is 5.91 Å². The minimum absolute atomic E-state index is 0.264. The Morgan fingerprint density at radius 2 is 1.83 bits per heavy atom. The fourth-order valence-corrected chi connectivity index (χ4v) is 2.86. The van der Waals surface area contributed by atoms with E-state index >= 15 is 0 Å². The molecule has 24 heavy (non-hydrogen) atoms. The number of aliphatic imine (C=N–C) groups is 1. The largest absolute Gasteiger partial charge is 0.342 e. The maximum Gasteiger partial charge on any atom is 0.276 e. The predicted octanol–water partition coefficient (Wildman–Crippen LogP) is 4.38. The van der Waals surface area contributed by atoms with E-state index in [0.29, 0.717) is 0 Å². The zero-order valence-electron chi connectivity index (χ0n) is 13.8. The first-order valence-corrected chi connectivity index (χ1v) is 8.55. The van der Waals surface area contributed by atoms with Crippen molar-refractivity contribution >= 4 is 33.2 Å². The van der Waals surface area contributed by atoms with Crippen LogP contribution in [0.4, 0.5) is 5.69 Å². The molecule has 2 aromatic rings. The van der Waals surface area contributed by atoms with Crippen LogP contribution in [-0.4, -0.2) is 23.4 Å². The average Bonchev–Trinajstić information content (AvgIpc) is 2.64. The molecule has 2 aromatic carbocycles. The zero-order valence-corrected chi connectivity index (χ0v) is 15.4. The zero-order chi connectivity index (χ0) is 17.3. The smallest absolute Gasteiger partial charge is 0.276 e. The summed E-state index contributed by atoms with van der Waals surface area (Å²) in [6, 6.07) is 15.5. The molecule has 0 fully saturated rings. The summed E-state index contributed by atoms with van der Waals surface area (Å²) in [5.74, 6) is -0.264. The summed E-state index contributed by atoms with van der Waals surface area (Å²) in [5.41, 5.74) is 2.79. The molecule has 3 rings (SSSR count). The molecule has 1 unspecified atom stereocenters. The lowest BCUT2D eigenvalue weighted by Crippen LogP contribution is -2.35. The van der Waals surface area contributed by atoms with Crippen molar-refractivity contribution in [2.24, 2.45) is 4.99 Å². The van der Waals surface area contributed by atoms with E-state index in [9.17, 15) is 4.79 Å². The van der Waals surface area contributed by atoms with Gasteiger partial charge in [0.05, 0.1) is 17.0 Å². The Labute approximate surface area is 150 Å². The number of hydrogen-bond acceptors (Lipinski definition) is 3. The molecule has 1 N–H and O–H groups in total. The van der Waals surface area contributed by atoms with Crippen molar-refractivity contribution in [3.05, 3.63) is 64.1 Å². The van der Waals surface area contributed by atoms with E-state index in [1.165, 1.54) is 0 Å². The Morgan fingerprint density at radius 3 is 2.50 bits per heavy atom. The number of carbonyl (C=O) groups is 1. The van der Waals surface area contributed by atoms with Gasteiger partial charge in [0.15, 0.2) is 0 Å². The molecule has 0 bridgehead atoms. The molecule has 0 aliphatic carbocycles. The summed E-state index contributed by atoms with van der Waals surface area (Å²) in [5, 5.41) is 2.92.